The second kappa shape index (κ2) is 12.8. The fourth-order valence-corrected chi connectivity index (χ4v) is 5.15. The number of anilines is 1. The van der Waals surface area contributed by atoms with Gasteiger partial charge in [0.25, 0.3) is 0 Å². The van der Waals surface area contributed by atoms with E-state index < -0.39 is 47.3 Å². The van der Waals surface area contributed by atoms with Crippen molar-refractivity contribution in [3.63, 3.8) is 0 Å². The van der Waals surface area contributed by atoms with Crippen molar-refractivity contribution in [2.75, 3.05) is 24.9 Å². The Bertz CT molecular complexity index is 1690. The summed E-state index contributed by atoms with van der Waals surface area (Å²) in [6.07, 6.45) is 6.54. The number of nitrogens with two attached hydrogens (primary N) is 1. The van der Waals surface area contributed by atoms with Crippen LogP contribution in [0, 0.1) is 0 Å². The summed E-state index contributed by atoms with van der Waals surface area (Å²) in [5.41, 5.74) is 7.61. The molecule has 0 aliphatic carbocycles. The predicted molar refractivity (Wildman–Crippen MR) is 153 cm³/mol. The molecule has 5 atom stereocenters. The van der Waals surface area contributed by atoms with Gasteiger partial charge >= 0.3 is 11.9 Å². The van der Waals surface area contributed by atoms with Crippen LogP contribution in [0.1, 0.15) is 17.5 Å². The van der Waals surface area contributed by atoms with Crippen molar-refractivity contribution in [2.24, 2.45) is 0 Å². The number of esters is 2. The van der Waals surface area contributed by atoms with Gasteiger partial charge in [-0.05, 0) is 29.8 Å². The Morgan fingerprint density at radius 3 is 2.67 bits per heavy atom. The van der Waals surface area contributed by atoms with Gasteiger partial charge in [-0.2, -0.15) is 0 Å². The molecule has 0 radical (unpaired) electrons. The number of carbonyl (C=O) groups excluding carboxylic acids is 2. The van der Waals surface area contributed by atoms with Gasteiger partial charge in [-0.1, -0.05) is 12.1 Å². The second-order valence-electron chi connectivity index (χ2n) is 9.30. The highest BCUT2D eigenvalue weighted by molar-refractivity contribution is 7.84. The Balaban J connectivity index is 1.51. The Morgan fingerprint density at radius 2 is 1.98 bits per heavy atom. The number of carbonyl (C=O) groups is 2. The number of methoxy groups -OCH3 is 1. The van der Waals surface area contributed by atoms with Gasteiger partial charge in [0.15, 0.2) is 29.9 Å². The number of phenols is 1. The van der Waals surface area contributed by atoms with Gasteiger partial charge in [0.1, 0.15) is 23.7 Å². The number of nitrogens with zero attached hydrogens (tertiary/aromatic N) is 5. The number of hydrogen-bond acceptors (Lipinski definition) is 13. The third kappa shape index (κ3) is 6.70. The number of H-pyrrole nitrogens is 1. The molecule has 16 heteroatoms. The largest absolute Gasteiger partial charge is 0.508 e. The van der Waals surface area contributed by atoms with E-state index in [9.17, 15) is 18.9 Å². The summed E-state index contributed by atoms with van der Waals surface area (Å²) in [7, 11) is -0.101. The number of aromatic amines is 1. The quantitative estimate of drug-likeness (QED) is 0.132. The highest BCUT2D eigenvalue weighted by Crippen LogP contribution is 2.37. The monoisotopic (exact) mass is 609 g/mol. The van der Waals surface area contributed by atoms with Gasteiger partial charge in [0, 0.05) is 23.1 Å². The molecule has 0 amide bonds. The first kappa shape index (κ1) is 29.4. The van der Waals surface area contributed by atoms with E-state index in [1.807, 2.05) is 0 Å². The summed E-state index contributed by atoms with van der Waals surface area (Å²) in [6, 6.07) is 6.05. The lowest BCUT2D eigenvalue weighted by Crippen LogP contribution is -2.41. The molecule has 3 aromatic heterocycles. The Morgan fingerprint density at radius 1 is 1.19 bits per heavy atom. The van der Waals surface area contributed by atoms with Crippen molar-refractivity contribution in [1.82, 2.24) is 29.5 Å². The molecule has 1 aromatic carbocycles. The van der Waals surface area contributed by atoms with Crippen molar-refractivity contribution in [2.45, 2.75) is 24.5 Å². The molecule has 4 heterocycles. The number of nitrogen functional groups attached to an aromatic ring is 1. The molecule has 0 bridgehead atoms. The van der Waals surface area contributed by atoms with Crippen molar-refractivity contribution >= 4 is 51.9 Å². The minimum Gasteiger partial charge on any atom is -0.508 e. The average molecular weight is 610 g/mol. The molecule has 1 fully saturated rings. The van der Waals surface area contributed by atoms with Crippen LogP contribution in [0.25, 0.3) is 23.3 Å². The molecule has 4 aromatic rings. The molecule has 1 unspecified atom stereocenters. The highest BCUT2D eigenvalue weighted by atomic mass is 32.2. The first-order chi connectivity index (χ1) is 20.7. The maximum Gasteiger partial charge on any atom is 0.374 e. The number of fused-ring (bicyclic) bond motifs is 1. The second-order valence-corrected chi connectivity index (χ2v) is 10.8. The van der Waals surface area contributed by atoms with Gasteiger partial charge < -0.3 is 34.8 Å². The first-order valence-electron chi connectivity index (χ1n) is 12.7. The van der Waals surface area contributed by atoms with Gasteiger partial charge in [0.2, 0.25) is 5.76 Å². The lowest BCUT2D eigenvalue weighted by atomic mass is 10.1. The number of hydrogen-bond donors (Lipinski definition) is 3. The summed E-state index contributed by atoms with van der Waals surface area (Å²) in [4.78, 5) is 45.6. The number of ether oxygens (including phenoxy) is 4. The zero-order valence-electron chi connectivity index (χ0n) is 22.9. The summed E-state index contributed by atoms with van der Waals surface area (Å²) < 4.78 is 37.0. The van der Waals surface area contributed by atoms with E-state index in [0.717, 1.165) is 0 Å². The Labute approximate surface area is 246 Å². The van der Waals surface area contributed by atoms with Crippen LogP contribution < -0.4 is 5.73 Å². The number of nitrogens with one attached hydrogen (secondary N) is 1. The van der Waals surface area contributed by atoms with Gasteiger partial charge in [-0.3, -0.25) is 8.78 Å². The molecular weight excluding hydrogens is 582 g/mol. The number of aromatic nitrogens is 6. The highest BCUT2D eigenvalue weighted by Gasteiger charge is 2.51. The van der Waals surface area contributed by atoms with Gasteiger partial charge in [-0.15, -0.1) is 0 Å². The van der Waals surface area contributed by atoms with E-state index in [-0.39, 0.29) is 34.2 Å². The molecule has 4 N–H and O–H groups in total. The molecule has 0 saturated carbocycles. The number of aromatic hydroxyl groups is 1. The average Bonchev–Trinajstić information content (AvgIpc) is 3.72. The lowest BCUT2D eigenvalue weighted by molar-refractivity contribution is -0.164. The number of benzene rings is 1. The maximum atomic E-state index is 13.5. The molecule has 1 aliphatic rings. The molecule has 5 rings (SSSR count). The molecule has 224 valence electrons. The third-order valence-corrected chi connectivity index (χ3v) is 7.17. The molecule has 15 nitrogen and oxygen atoms in total. The topological polar surface area (TPSA) is 207 Å². The number of rotatable bonds is 10. The van der Waals surface area contributed by atoms with Crippen LogP contribution in [0.15, 0.2) is 61.3 Å². The summed E-state index contributed by atoms with van der Waals surface area (Å²) in [5.74, 6) is -1.74. The summed E-state index contributed by atoms with van der Waals surface area (Å²) >= 11 is 0. The zero-order chi connectivity index (χ0) is 30.5. The fourth-order valence-electron chi connectivity index (χ4n) is 4.42. The standard InChI is InChI=1S/C27H27N7O8S/c1-39-18(9-15-3-6-17(35)7-4-15)27(37)42-23-22(41-20(36)8-5-16-10-29-12-30-16)19(11-43(2)38)40-26(23)34-14-33-21-24(28)31-13-32-25(21)34/h3-10,12-14,19,22-23,26,35H,11H2,1-2H3,(H,29,30)(H2,28,31,32)/b8-5+,18-9-/t19-,22-,23-,26-,43?/m1/s1. The maximum absolute atomic E-state index is 13.5. The molecule has 1 aliphatic heterocycles. The van der Waals surface area contributed by atoms with Gasteiger partial charge in [-0.25, -0.2) is 29.5 Å². The molecule has 1 saturated heterocycles. The first-order valence-corrected chi connectivity index (χ1v) is 14.5. The fraction of sp³-hybridized carbons (Fsp3) is 0.259. The smallest absolute Gasteiger partial charge is 0.374 e. The van der Waals surface area contributed by atoms with E-state index in [4.69, 9.17) is 24.7 Å². The SMILES string of the molecule is CO/C(=C\c1ccc(O)cc1)C(=O)O[C@@H]1[C@H](OC(=O)/C=C/c2cnc[nH]2)[C@@H](CS(C)=O)O[C@H]1n1cnc2c(N)ncnc21. The zero-order valence-corrected chi connectivity index (χ0v) is 23.7. The van der Waals surface area contributed by atoms with Crippen LogP contribution in [-0.2, 0) is 39.3 Å². The van der Waals surface area contributed by atoms with Crippen LogP contribution in [0.2, 0.25) is 0 Å². The van der Waals surface area contributed by atoms with Crippen molar-refractivity contribution < 1.29 is 37.9 Å². The Kier molecular flexibility index (Phi) is 8.77. The normalized spacial score (nSPS) is 21.2. The van der Waals surface area contributed by atoms with Crippen molar-refractivity contribution in [3.05, 3.63) is 72.5 Å². The predicted octanol–water partition coefficient (Wildman–Crippen LogP) is 1.34. The van der Waals surface area contributed by atoms with Crippen LogP contribution in [0.4, 0.5) is 5.82 Å². The molecule has 0 spiro atoms. The van der Waals surface area contributed by atoms with Gasteiger partial charge in [0.05, 0.1) is 37.4 Å². The Hall–Kier alpha value is -5.09. The van der Waals surface area contributed by atoms with Crippen LogP contribution >= 0.6 is 0 Å². The number of imidazole rings is 2. The van der Waals surface area contributed by atoms with E-state index in [1.165, 1.54) is 73.5 Å². The summed E-state index contributed by atoms with van der Waals surface area (Å²) in [6.45, 7) is 0. The molecule has 43 heavy (non-hydrogen) atoms. The van der Waals surface area contributed by atoms with Crippen molar-refractivity contribution in [3.8, 4) is 5.75 Å². The number of phenolic OH excluding ortho intramolecular Hbond substituents is 1. The van der Waals surface area contributed by atoms with E-state index in [0.29, 0.717) is 11.3 Å². The minimum atomic E-state index is -1.39. The van der Waals surface area contributed by atoms with E-state index >= 15 is 0 Å². The summed E-state index contributed by atoms with van der Waals surface area (Å²) in [5, 5.41) is 9.58. The van der Waals surface area contributed by atoms with Crippen molar-refractivity contribution in [1.29, 1.82) is 0 Å². The lowest BCUT2D eigenvalue weighted by Gasteiger charge is -2.24. The van der Waals surface area contributed by atoms with Crippen LogP contribution in [0.3, 0.4) is 0 Å². The van der Waals surface area contributed by atoms with Crippen LogP contribution in [0.5, 0.6) is 5.75 Å². The van der Waals surface area contributed by atoms with E-state index in [2.05, 4.69) is 24.9 Å². The van der Waals surface area contributed by atoms with E-state index in [1.54, 1.807) is 12.1 Å². The molecular formula is C27H27N7O8S. The minimum absolute atomic E-state index is 0.0446. The third-order valence-electron chi connectivity index (χ3n) is 6.37. The van der Waals surface area contributed by atoms with Crippen LogP contribution in [-0.4, -0.2) is 88.2 Å².